The van der Waals surface area contributed by atoms with E-state index in [1.54, 1.807) is 25.1 Å². The van der Waals surface area contributed by atoms with E-state index in [4.69, 9.17) is 23.8 Å². The Balaban J connectivity index is 1.74. The van der Waals surface area contributed by atoms with Crippen LogP contribution in [0, 0.1) is 36.0 Å². The average Bonchev–Trinajstić information content (AvgIpc) is 3.12. The van der Waals surface area contributed by atoms with Crippen LogP contribution in [0.25, 0.3) is 0 Å². The van der Waals surface area contributed by atoms with Crippen molar-refractivity contribution in [3.05, 3.63) is 75.7 Å². The van der Waals surface area contributed by atoms with E-state index in [2.05, 4.69) is 15.7 Å². The van der Waals surface area contributed by atoms with Gasteiger partial charge >= 0.3 is 0 Å². The molecule has 0 spiro atoms. The van der Waals surface area contributed by atoms with Crippen LogP contribution in [0.5, 0.6) is 0 Å². The Morgan fingerprint density at radius 2 is 1.62 bits per heavy atom. The number of nitrogens with one attached hydrogen (secondary N) is 2. The van der Waals surface area contributed by atoms with Gasteiger partial charge in [0.25, 0.3) is 0 Å². The zero-order chi connectivity index (χ0) is 21.3. The molecule has 0 unspecified atom stereocenters. The zero-order valence-electron chi connectivity index (χ0n) is 14.7. The molecule has 0 aliphatic carbocycles. The third kappa shape index (κ3) is 4.33. The molecule has 1 heterocycles. The van der Waals surface area contributed by atoms with Crippen LogP contribution in [0.2, 0.25) is 5.02 Å². The third-order valence-corrected chi connectivity index (χ3v) is 4.63. The van der Waals surface area contributed by atoms with Gasteiger partial charge < -0.3 is 10.6 Å². The van der Waals surface area contributed by atoms with E-state index >= 15 is 0 Å². The minimum atomic E-state index is -2.21. The molecular formula is C18H12ClF5N4S. The van der Waals surface area contributed by atoms with Crippen LogP contribution in [0.3, 0.4) is 0 Å². The minimum Gasteiger partial charge on any atom is -0.332 e. The van der Waals surface area contributed by atoms with Crippen molar-refractivity contribution in [2.24, 2.45) is 0 Å². The first kappa shape index (κ1) is 21.0. The summed E-state index contributed by atoms with van der Waals surface area (Å²) in [6.07, 6.45) is 1.30. The smallest absolute Gasteiger partial charge is 0.200 e. The van der Waals surface area contributed by atoms with Crippen molar-refractivity contribution >= 4 is 40.4 Å². The molecule has 3 rings (SSSR count). The lowest BCUT2D eigenvalue weighted by Gasteiger charge is -2.12. The maximum absolute atomic E-state index is 13.8. The maximum atomic E-state index is 13.8. The molecule has 0 aliphatic heterocycles. The molecule has 0 amide bonds. The summed E-state index contributed by atoms with van der Waals surface area (Å²) in [6.45, 7) is 1.13. The Morgan fingerprint density at radius 1 is 1.00 bits per heavy atom. The number of anilines is 2. The van der Waals surface area contributed by atoms with Crippen LogP contribution in [0.1, 0.15) is 11.1 Å². The predicted molar refractivity (Wildman–Crippen MR) is 104 cm³/mol. The molecule has 0 saturated carbocycles. The highest BCUT2D eigenvalue weighted by Crippen LogP contribution is 2.24. The first-order valence-electron chi connectivity index (χ1n) is 8.06. The van der Waals surface area contributed by atoms with Gasteiger partial charge in [0.2, 0.25) is 5.82 Å². The van der Waals surface area contributed by atoms with Gasteiger partial charge in [-0.1, -0.05) is 17.7 Å². The van der Waals surface area contributed by atoms with Crippen LogP contribution >= 0.6 is 23.8 Å². The third-order valence-electron chi connectivity index (χ3n) is 4.02. The summed E-state index contributed by atoms with van der Waals surface area (Å²) in [7, 11) is 0. The largest absolute Gasteiger partial charge is 0.332 e. The molecular weight excluding hydrogens is 435 g/mol. The Kier molecular flexibility index (Phi) is 6.04. The fourth-order valence-corrected chi connectivity index (χ4v) is 2.87. The first-order valence-corrected chi connectivity index (χ1v) is 8.84. The van der Waals surface area contributed by atoms with Crippen molar-refractivity contribution in [2.75, 3.05) is 10.6 Å². The summed E-state index contributed by atoms with van der Waals surface area (Å²) in [5.74, 6) is -9.83. The van der Waals surface area contributed by atoms with E-state index in [1.165, 1.54) is 12.3 Å². The molecule has 0 radical (unpaired) electrons. The summed E-state index contributed by atoms with van der Waals surface area (Å²) in [6, 6.07) is 6.64. The van der Waals surface area contributed by atoms with Crippen LogP contribution < -0.4 is 10.6 Å². The molecule has 1 aromatic heterocycles. The molecule has 11 heteroatoms. The van der Waals surface area contributed by atoms with Crippen LogP contribution in [0.15, 0.2) is 30.5 Å². The Hall–Kier alpha value is -2.72. The summed E-state index contributed by atoms with van der Waals surface area (Å²) >= 11 is 11.2. The first-order chi connectivity index (χ1) is 13.7. The Morgan fingerprint density at radius 3 is 2.28 bits per heavy atom. The SMILES string of the molecule is Cc1c(Cl)cccc1NC(=S)Nc1ccn(Cc2c(F)c(F)c(F)c(F)c2F)n1. The van der Waals surface area contributed by atoms with Gasteiger partial charge in [0.15, 0.2) is 34.2 Å². The van der Waals surface area contributed by atoms with E-state index in [9.17, 15) is 22.0 Å². The van der Waals surface area contributed by atoms with Crippen molar-refractivity contribution in [3.63, 3.8) is 0 Å². The summed E-state index contributed by atoms with van der Waals surface area (Å²) in [5, 5.41) is 10.4. The predicted octanol–water partition coefficient (Wildman–Crippen LogP) is 5.40. The molecule has 0 aliphatic rings. The van der Waals surface area contributed by atoms with E-state index in [-0.39, 0.29) is 10.9 Å². The second-order valence-electron chi connectivity index (χ2n) is 5.94. The van der Waals surface area contributed by atoms with Crippen molar-refractivity contribution in [1.29, 1.82) is 0 Å². The highest BCUT2D eigenvalue weighted by Gasteiger charge is 2.25. The van der Waals surface area contributed by atoms with Crippen molar-refractivity contribution in [3.8, 4) is 0 Å². The Bertz CT molecular complexity index is 1070. The molecule has 29 heavy (non-hydrogen) atoms. The zero-order valence-corrected chi connectivity index (χ0v) is 16.2. The lowest BCUT2D eigenvalue weighted by Crippen LogP contribution is -2.20. The summed E-state index contributed by atoms with van der Waals surface area (Å²) in [4.78, 5) is 0. The topological polar surface area (TPSA) is 41.9 Å². The second kappa shape index (κ2) is 8.34. The van der Waals surface area contributed by atoms with E-state index in [1.807, 2.05) is 0 Å². The van der Waals surface area contributed by atoms with Gasteiger partial charge in [-0.15, -0.1) is 0 Å². The van der Waals surface area contributed by atoms with Gasteiger partial charge in [-0.3, -0.25) is 4.68 Å². The molecule has 2 aromatic carbocycles. The molecule has 0 atom stereocenters. The number of thiocarbonyl (C=S) groups is 1. The summed E-state index contributed by atoms with van der Waals surface area (Å²) in [5.41, 5.74) is 0.442. The van der Waals surface area contributed by atoms with Crippen LogP contribution in [0.4, 0.5) is 33.5 Å². The number of nitrogens with zero attached hydrogens (tertiary/aromatic N) is 2. The van der Waals surface area contributed by atoms with Gasteiger partial charge in [0.05, 0.1) is 12.1 Å². The molecule has 3 aromatic rings. The van der Waals surface area contributed by atoms with Crippen molar-refractivity contribution in [1.82, 2.24) is 9.78 Å². The van der Waals surface area contributed by atoms with Crippen LogP contribution in [-0.4, -0.2) is 14.9 Å². The lowest BCUT2D eigenvalue weighted by atomic mass is 10.1. The molecule has 2 N–H and O–H groups in total. The molecule has 0 fully saturated rings. The van der Waals surface area contributed by atoms with E-state index < -0.39 is 41.2 Å². The van der Waals surface area contributed by atoms with Gasteiger partial charge in [-0.2, -0.15) is 5.10 Å². The monoisotopic (exact) mass is 446 g/mol. The quantitative estimate of drug-likeness (QED) is 0.244. The minimum absolute atomic E-state index is 0.164. The number of benzene rings is 2. The molecule has 152 valence electrons. The van der Waals surface area contributed by atoms with Crippen molar-refractivity contribution < 1.29 is 22.0 Å². The van der Waals surface area contributed by atoms with Gasteiger partial charge in [-0.05, 0) is 36.8 Å². The number of hydrogen-bond donors (Lipinski definition) is 2. The van der Waals surface area contributed by atoms with Crippen molar-refractivity contribution in [2.45, 2.75) is 13.5 Å². The lowest BCUT2D eigenvalue weighted by molar-refractivity contribution is 0.367. The Labute approximate surface area is 172 Å². The van der Waals surface area contributed by atoms with E-state index in [0.29, 0.717) is 10.7 Å². The highest BCUT2D eigenvalue weighted by atomic mass is 35.5. The second-order valence-corrected chi connectivity index (χ2v) is 6.75. The number of hydrogen-bond acceptors (Lipinski definition) is 2. The fraction of sp³-hybridized carbons (Fsp3) is 0.111. The molecule has 4 nitrogen and oxygen atoms in total. The van der Waals surface area contributed by atoms with Gasteiger partial charge in [-0.25, -0.2) is 22.0 Å². The summed E-state index contributed by atoms with van der Waals surface area (Å²) < 4.78 is 68.4. The number of halogens is 6. The number of aromatic nitrogens is 2. The molecule has 0 bridgehead atoms. The standard InChI is InChI=1S/C18H12ClF5N4S/c1-8-10(19)3-2-4-11(8)25-18(29)26-12-5-6-28(27-12)7-9-13(20)15(22)17(24)16(23)14(9)21/h2-6H,7H2,1H3,(H2,25,26,27,29). The average molecular weight is 447 g/mol. The fourth-order valence-electron chi connectivity index (χ4n) is 2.48. The highest BCUT2D eigenvalue weighted by molar-refractivity contribution is 7.80. The number of rotatable bonds is 4. The molecule has 0 saturated heterocycles. The maximum Gasteiger partial charge on any atom is 0.200 e. The van der Waals surface area contributed by atoms with Crippen LogP contribution in [-0.2, 0) is 6.54 Å². The van der Waals surface area contributed by atoms with Gasteiger partial charge in [0.1, 0.15) is 0 Å². The van der Waals surface area contributed by atoms with Gasteiger partial charge in [0, 0.05) is 23.0 Å². The van der Waals surface area contributed by atoms with E-state index in [0.717, 1.165) is 10.2 Å². The normalized spacial score (nSPS) is 10.9.